The largest absolute Gasteiger partial charge is 0.494 e. The molecule has 0 atom stereocenters. The summed E-state index contributed by atoms with van der Waals surface area (Å²) in [7, 11) is 2.77. The minimum atomic E-state index is -1.18. The molecule has 0 saturated carbocycles. The summed E-state index contributed by atoms with van der Waals surface area (Å²) in [6.07, 6.45) is 0. The number of para-hydroxylation sites is 2. The highest BCUT2D eigenvalue weighted by molar-refractivity contribution is 6.34. The number of hydrogen-bond donors (Lipinski definition) is 1. The molecule has 0 aliphatic heterocycles. The number of benzene rings is 2. The molecule has 1 aromatic heterocycles. The highest BCUT2D eigenvalue weighted by Crippen LogP contribution is 2.26. The minimum Gasteiger partial charge on any atom is -0.494 e. The molecule has 0 saturated heterocycles. The summed E-state index contributed by atoms with van der Waals surface area (Å²) in [5, 5.41) is 16.6. The van der Waals surface area contributed by atoms with E-state index in [1.54, 1.807) is 24.3 Å². The zero-order chi connectivity index (χ0) is 20.4. The number of carboxylic acid groups (broad SMARTS) is 1. The Bertz CT molecular complexity index is 1120. The summed E-state index contributed by atoms with van der Waals surface area (Å²) >= 11 is 6.08. The van der Waals surface area contributed by atoms with Crippen LogP contribution in [0.4, 0.5) is 10.5 Å². The van der Waals surface area contributed by atoms with Crippen LogP contribution in [0.3, 0.4) is 0 Å². The molecule has 0 bridgehead atoms. The van der Waals surface area contributed by atoms with Crippen LogP contribution in [0.25, 0.3) is 5.69 Å². The number of carbonyl (C=O) groups is 2. The number of amides is 1. The Labute approximate surface area is 163 Å². The van der Waals surface area contributed by atoms with Crippen molar-refractivity contribution < 1.29 is 19.4 Å². The maximum atomic E-state index is 12.7. The molecule has 1 heterocycles. The maximum Gasteiger partial charge on any atom is 0.377 e. The van der Waals surface area contributed by atoms with Gasteiger partial charge in [0.2, 0.25) is 0 Å². The molecule has 144 valence electrons. The molecule has 28 heavy (non-hydrogen) atoms. The molecular weight excluding hydrogens is 390 g/mol. The number of rotatable bonds is 4. The van der Waals surface area contributed by atoms with Crippen LogP contribution in [0.15, 0.2) is 47.3 Å². The fourth-order valence-electron chi connectivity index (χ4n) is 2.47. The van der Waals surface area contributed by atoms with Crippen LogP contribution in [-0.4, -0.2) is 51.1 Å². The van der Waals surface area contributed by atoms with Gasteiger partial charge < -0.3 is 9.84 Å². The average molecular weight is 404 g/mol. The van der Waals surface area contributed by atoms with Gasteiger partial charge in [-0.15, -0.1) is 4.68 Å². The van der Waals surface area contributed by atoms with Gasteiger partial charge in [0.05, 0.1) is 23.4 Å². The van der Waals surface area contributed by atoms with Crippen molar-refractivity contribution in [3.05, 3.63) is 63.5 Å². The lowest BCUT2D eigenvalue weighted by atomic mass is 10.2. The molecule has 3 aromatic rings. The SMILES string of the molecule is COc1ccccc1-n1nnn(C(=O)N(C)c2cc(C(=O)O)ccc2Cl)c1=O. The first kappa shape index (κ1) is 19.1. The smallest absolute Gasteiger partial charge is 0.377 e. The Morgan fingerprint density at radius 2 is 1.89 bits per heavy atom. The van der Waals surface area contributed by atoms with Crippen molar-refractivity contribution in [3.8, 4) is 11.4 Å². The van der Waals surface area contributed by atoms with E-state index in [9.17, 15) is 14.4 Å². The normalized spacial score (nSPS) is 10.5. The van der Waals surface area contributed by atoms with Crippen molar-refractivity contribution in [2.24, 2.45) is 0 Å². The summed E-state index contributed by atoms with van der Waals surface area (Å²) in [4.78, 5) is 37.6. The van der Waals surface area contributed by atoms with Gasteiger partial charge in [-0.05, 0) is 40.8 Å². The number of carbonyl (C=O) groups excluding carboxylic acids is 1. The Balaban J connectivity index is 2.01. The van der Waals surface area contributed by atoms with Gasteiger partial charge in [0.25, 0.3) is 0 Å². The van der Waals surface area contributed by atoms with Crippen molar-refractivity contribution in [3.63, 3.8) is 0 Å². The van der Waals surface area contributed by atoms with E-state index in [1.165, 1.54) is 32.4 Å². The van der Waals surface area contributed by atoms with Gasteiger partial charge in [0.15, 0.2) is 0 Å². The number of nitrogens with zero attached hydrogens (tertiary/aromatic N) is 5. The van der Waals surface area contributed by atoms with Crippen LogP contribution in [0, 0.1) is 0 Å². The third kappa shape index (κ3) is 3.32. The van der Waals surface area contributed by atoms with E-state index in [0.29, 0.717) is 16.1 Å². The second-order valence-corrected chi connectivity index (χ2v) is 5.98. The third-order valence-corrected chi connectivity index (χ3v) is 4.24. The Morgan fingerprint density at radius 3 is 2.57 bits per heavy atom. The van der Waals surface area contributed by atoms with Crippen LogP contribution < -0.4 is 15.3 Å². The van der Waals surface area contributed by atoms with E-state index < -0.39 is 17.7 Å². The van der Waals surface area contributed by atoms with Crippen LogP contribution in [0.1, 0.15) is 10.4 Å². The summed E-state index contributed by atoms with van der Waals surface area (Å²) in [6.45, 7) is 0. The van der Waals surface area contributed by atoms with Crippen molar-refractivity contribution in [1.82, 2.24) is 19.8 Å². The van der Waals surface area contributed by atoms with Crippen LogP contribution >= 0.6 is 11.6 Å². The minimum absolute atomic E-state index is 0.0657. The third-order valence-electron chi connectivity index (χ3n) is 3.92. The number of aromatic nitrogens is 4. The summed E-state index contributed by atoms with van der Waals surface area (Å²) in [5.74, 6) is -0.812. The molecule has 0 fully saturated rings. The maximum absolute atomic E-state index is 12.7. The molecule has 1 amide bonds. The van der Waals surface area contributed by atoms with Gasteiger partial charge in [0, 0.05) is 7.05 Å². The van der Waals surface area contributed by atoms with E-state index in [0.717, 1.165) is 9.58 Å². The molecule has 1 N–H and O–H groups in total. The monoisotopic (exact) mass is 403 g/mol. The average Bonchev–Trinajstić information content (AvgIpc) is 3.08. The highest BCUT2D eigenvalue weighted by atomic mass is 35.5. The van der Waals surface area contributed by atoms with Crippen molar-refractivity contribution in [2.75, 3.05) is 19.1 Å². The van der Waals surface area contributed by atoms with Gasteiger partial charge in [-0.3, -0.25) is 4.90 Å². The Morgan fingerprint density at radius 1 is 1.18 bits per heavy atom. The zero-order valence-electron chi connectivity index (χ0n) is 14.7. The molecule has 2 aromatic carbocycles. The first-order chi connectivity index (χ1) is 13.3. The lowest BCUT2D eigenvalue weighted by molar-refractivity contribution is 0.0697. The van der Waals surface area contributed by atoms with E-state index in [-0.39, 0.29) is 16.3 Å². The molecule has 0 spiro atoms. The predicted molar refractivity (Wildman–Crippen MR) is 99.8 cm³/mol. The van der Waals surface area contributed by atoms with E-state index in [1.807, 2.05) is 0 Å². The fourth-order valence-corrected chi connectivity index (χ4v) is 2.71. The molecule has 10 nitrogen and oxygen atoms in total. The van der Waals surface area contributed by atoms with Crippen molar-refractivity contribution >= 4 is 29.3 Å². The fraction of sp³-hybridized carbons (Fsp3) is 0.118. The van der Waals surface area contributed by atoms with Crippen LogP contribution in [0.5, 0.6) is 5.75 Å². The van der Waals surface area contributed by atoms with Gasteiger partial charge in [-0.1, -0.05) is 23.7 Å². The second kappa shape index (κ2) is 7.53. The van der Waals surface area contributed by atoms with Crippen LogP contribution in [-0.2, 0) is 0 Å². The molecule has 0 radical (unpaired) electrons. The molecule has 0 aliphatic carbocycles. The second-order valence-electron chi connectivity index (χ2n) is 5.57. The van der Waals surface area contributed by atoms with Crippen molar-refractivity contribution in [2.45, 2.75) is 0 Å². The summed E-state index contributed by atoms with van der Waals surface area (Å²) in [5.41, 5.74) is -0.483. The van der Waals surface area contributed by atoms with Gasteiger partial charge in [0.1, 0.15) is 11.4 Å². The first-order valence-corrected chi connectivity index (χ1v) is 8.22. The molecule has 11 heteroatoms. The summed E-state index contributed by atoms with van der Waals surface area (Å²) < 4.78 is 6.64. The summed E-state index contributed by atoms with van der Waals surface area (Å²) in [6, 6.07) is 9.61. The number of ether oxygens (including phenoxy) is 1. The van der Waals surface area contributed by atoms with E-state index >= 15 is 0 Å². The lowest BCUT2D eigenvalue weighted by Crippen LogP contribution is -2.39. The number of anilines is 1. The number of carboxylic acids is 1. The predicted octanol–water partition coefficient (Wildman–Crippen LogP) is 1.89. The van der Waals surface area contributed by atoms with Crippen molar-refractivity contribution in [1.29, 1.82) is 0 Å². The Kier molecular flexibility index (Phi) is 5.14. The molecule has 3 rings (SSSR count). The molecule has 0 aliphatic rings. The number of hydrogen-bond acceptors (Lipinski definition) is 6. The van der Waals surface area contributed by atoms with Gasteiger partial charge >= 0.3 is 17.7 Å². The number of tetrazole rings is 1. The highest BCUT2D eigenvalue weighted by Gasteiger charge is 2.23. The Hall–Kier alpha value is -3.66. The number of aromatic carboxylic acids is 1. The van der Waals surface area contributed by atoms with Gasteiger partial charge in [-0.2, -0.15) is 4.68 Å². The number of methoxy groups -OCH3 is 1. The topological polar surface area (TPSA) is 120 Å². The molecule has 0 unspecified atom stereocenters. The van der Waals surface area contributed by atoms with E-state index in [4.69, 9.17) is 21.4 Å². The van der Waals surface area contributed by atoms with E-state index in [2.05, 4.69) is 10.4 Å². The van der Waals surface area contributed by atoms with Gasteiger partial charge in [-0.25, -0.2) is 14.4 Å². The first-order valence-electron chi connectivity index (χ1n) is 7.84. The lowest BCUT2D eigenvalue weighted by Gasteiger charge is -2.17. The quantitative estimate of drug-likeness (QED) is 0.660. The standard InChI is InChI=1S/C17H14ClN5O5/c1-21(13-9-10(15(24)25)7-8-11(13)18)16(26)23-17(27)22(19-20-23)12-5-3-4-6-14(12)28-2/h3-9H,1-2H3,(H,24,25). The van der Waals surface area contributed by atoms with Crippen LogP contribution in [0.2, 0.25) is 5.02 Å². The number of halogens is 1. The zero-order valence-corrected chi connectivity index (χ0v) is 15.5. The molecular formula is C17H14ClN5O5.